The molecule has 1 heterocycles. The Morgan fingerprint density at radius 3 is 2.73 bits per heavy atom. The van der Waals surface area contributed by atoms with Crippen molar-refractivity contribution in [3.8, 4) is 0 Å². The van der Waals surface area contributed by atoms with Gasteiger partial charge in [-0.05, 0) is 25.8 Å². The Morgan fingerprint density at radius 1 is 1.53 bits per heavy atom. The van der Waals surface area contributed by atoms with E-state index in [4.69, 9.17) is 4.74 Å². The molecular weight excluding hydrogens is 196 g/mol. The van der Waals surface area contributed by atoms with E-state index in [0.717, 1.165) is 5.57 Å². The summed E-state index contributed by atoms with van der Waals surface area (Å²) < 4.78 is 4.83. The molecule has 4 heteroatoms. The Labute approximate surface area is 88.9 Å². The van der Waals surface area contributed by atoms with E-state index in [1.165, 1.54) is 6.92 Å². The highest BCUT2D eigenvalue weighted by Crippen LogP contribution is 2.23. The second kappa shape index (κ2) is 5.09. The van der Waals surface area contributed by atoms with E-state index in [1.54, 1.807) is 0 Å². The van der Waals surface area contributed by atoms with Crippen molar-refractivity contribution in [2.45, 2.75) is 32.5 Å². The quantitative estimate of drug-likeness (QED) is 0.527. The van der Waals surface area contributed by atoms with Crippen LogP contribution >= 0.6 is 0 Å². The number of aliphatic hydroxyl groups excluding tert-OH is 2. The maximum Gasteiger partial charge on any atom is 0.337 e. The van der Waals surface area contributed by atoms with Gasteiger partial charge in [-0.2, -0.15) is 0 Å². The van der Waals surface area contributed by atoms with Crippen LogP contribution in [0.4, 0.5) is 0 Å². The number of allylic oxidation sites excluding steroid dienone is 2. The first-order valence-electron chi connectivity index (χ1n) is 4.94. The minimum Gasteiger partial charge on any atom is -0.458 e. The molecule has 1 aliphatic rings. The van der Waals surface area contributed by atoms with Crippen molar-refractivity contribution in [1.29, 1.82) is 0 Å². The number of carbonyl (C=O) groups is 1. The summed E-state index contributed by atoms with van der Waals surface area (Å²) in [5.41, 5.74) is 0.953. The summed E-state index contributed by atoms with van der Waals surface area (Å²) >= 11 is 0. The summed E-state index contributed by atoms with van der Waals surface area (Å²) in [5.74, 6) is -0.525. The van der Waals surface area contributed by atoms with Crippen LogP contribution in [-0.4, -0.2) is 35.0 Å². The second-order valence-corrected chi connectivity index (χ2v) is 3.55. The summed E-state index contributed by atoms with van der Waals surface area (Å²) in [6, 6.07) is 0. The minimum atomic E-state index is -1.15. The fourth-order valence-corrected chi connectivity index (χ4v) is 1.45. The van der Waals surface area contributed by atoms with Gasteiger partial charge in [0, 0.05) is 0 Å². The Bertz CT molecular complexity index is 302. The highest BCUT2D eigenvalue weighted by Gasteiger charge is 2.32. The molecule has 0 fully saturated rings. The number of aliphatic hydroxyl groups is 2. The van der Waals surface area contributed by atoms with Crippen LogP contribution in [0.25, 0.3) is 0 Å². The molecule has 84 valence electrons. The van der Waals surface area contributed by atoms with Crippen molar-refractivity contribution >= 4 is 5.97 Å². The molecule has 0 aromatic heterocycles. The Hall–Kier alpha value is -1.13. The molecule has 0 saturated heterocycles. The van der Waals surface area contributed by atoms with E-state index in [1.807, 2.05) is 19.1 Å². The number of cyclic esters (lactones) is 1. The van der Waals surface area contributed by atoms with Crippen LogP contribution in [0.5, 0.6) is 0 Å². The molecule has 0 aromatic carbocycles. The van der Waals surface area contributed by atoms with Crippen LogP contribution in [0, 0.1) is 0 Å². The standard InChI is InChI=1S/C11H16O4/c1-3-4-5-8-6-15-11(14)9(8)10(13)7(2)12/h3-4,7,10,12-13H,5-6H2,1-2H3/b4-3+/t7-,10+/m0/s1. The lowest BCUT2D eigenvalue weighted by Gasteiger charge is -2.13. The Balaban J connectivity index is 2.90. The molecule has 0 saturated carbocycles. The first-order chi connectivity index (χ1) is 7.07. The lowest BCUT2D eigenvalue weighted by atomic mass is 9.99. The predicted octanol–water partition coefficient (Wildman–Crippen LogP) is 0.548. The zero-order valence-electron chi connectivity index (χ0n) is 8.93. The molecule has 0 bridgehead atoms. The highest BCUT2D eigenvalue weighted by molar-refractivity contribution is 5.93. The van der Waals surface area contributed by atoms with Crippen LogP contribution in [0.15, 0.2) is 23.3 Å². The van der Waals surface area contributed by atoms with E-state index < -0.39 is 18.2 Å². The molecule has 1 aliphatic heterocycles. The lowest BCUT2D eigenvalue weighted by molar-refractivity contribution is -0.137. The number of hydrogen-bond donors (Lipinski definition) is 2. The molecule has 15 heavy (non-hydrogen) atoms. The summed E-state index contributed by atoms with van der Waals surface area (Å²) in [7, 11) is 0. The molecule has 0 spiro atoms. The monoisotopic (exact) mass is 212 g/mol. The average Bonchev–Trinajstić information content (AvgIpc) is 2.55. The maximum atomic E-state index is 11.3. The van der Waals surface area contributed by atoms with Gasteiger partial charge in [0.25, 0.3) is 0 Å². The summed E-state index contributed by atoms with van der Waals surface area (Å²) in [6.45, 7) is 3.53. The van der Waals surface area contributed by atoms with Gasteiger partial charge in [-0.25, -0.2) is 4.79 Å². The van der Waals surface area contributed by atoms with Gasteiger partial charge in [-0.15, -0.1) is 0 Å². The molecule has 1 rings (SSSR count). The Morgan fingerprint density at radius 2 is 2.20 bits per heavy atom. The zero-order chi connectivity index (χ0) is 11.4. The SMILES string of the molecule is C/C=C/CC1=C([C@H](O)[C@H](C)O)C(=O)OC1. The van der Waals surface area contributed by atoms with E-state index in [0.29, 0.717) is 6.42 Å². The van der Waals surface area contributed by atoms with Gasteiger partial charge in [-0.3, -0.25) is 0 Å². The molecular formula is C11H16O4. The molecule has 0 aliphatic carbocycles. The van der Waals surface area contributed by atoms with Crippen molar-refractivity contribution in [3.05, 3.63) is 23.3 Å². The Kier molecular flexibility index (Phi) is 4.05. The van der Waals surface area contributed by atoms with Crippen molar-refractivity contribution < 1.29 is 19.7 Å². The normalized spacial score (nSPS) is 20.9. The number of hydrogen-bond acceptors (Lipinski definition) is 4. The fraction of sp³-hybridized carbons (Fsp3) is 0.545. The van der Waals surface area contributed by atoms with E-state index in [9.17, 15) is 15.0 Å². The van der Waals surface area contributed by atoms with Gasteiger partial charge in [-0.1, -0.05) is 12.2 Å². The van der Waals surface area contributed by atoms with Gasteiger partial charge >= 0.3 is 5.97 Å². The third kappa shape index (κ3) is 2.67. The maximum absolute atomic E-state index is 11.3. The van der Waals surface area contributed by atoms with Crippen molar-refractivity contribution in [1.82, 2.24) is 0 Å². The molecule has 2 N–H and O–H groups in total. The largest absolute Gasteiger partial charge is 0.458 e. The average molecular weight is 212 g/mol. The van der Waals surface area contributed by atoms with Crippen LogP contribution in [0.2, 0.25) is 0 Å². The number of ether oxygens (including phenoxy) is 1. The third-order valence-corrected chi connectivity index (χ3v) is 2.33. The fourth-order valence-electron chi connectivity index (χ4n) is 1.45. The number of carbonyl (C=O) groups excluding carboxylic acids is 1. The summed E-state index contributed by atoms with van der Waals surface area (Å²) in [6.07, 6.45) is 2.20. The first-order valence-corrected chi connectivity index (χ1v) is 4.94. The third-order valence-electron chi connectivity index (χ3n) is 2.33. The van der Waals surface area contributed by atoms with Gasteiger partial charge in [0.2, 0.25) is 0 Å². The molecule has 0 aromatic rings. The van der Waals surface area contributed by atoms with Crippen LogP contribution in [0.3, 0.4) is 0 Å². The summed E-state index contributed by atoms with van der Waals surface area (Å²) in [5, 5.41) is 18.9. The van der Waals surface area contributed by atoms with E-state index >= 15 is 0 Å². The van der Waals surface area contributed by atoms with Crippen molar-refractivity contribution in [2.24, 2.45) is 0 Å². The van der Waals surface area contributed by atoms with E-state index in [2.05, 4.69) is 0 Å². The van der Waals surface area contributed by atoms with Crippen LogP contribution in [-0.2, 0) is 9.53 Å². The molecule has 0 radical (unpaired) electrons. The van der Waals surface area contributed by atoms with Crippen LogP contribution in [0.1, 0.15) is 20.3 Å². The molecule has 0 amide bonds. The predicted molar refractivity (Wildman–Crippen MR) is 55.1 cm³/mol. The lowest BCUT2D eigenvalue weighted by Crippen LogP contribution is -2.28. The highest BCUT2D eigenvalue weighted by atomic mass is 16.5. The van der Waals surface area contributed by atoms with Crippen LogP contribution < -0.4 is 0 Å². The van der Waals surface area contributed by atoms with Crippen molar-refractivity contribution in [2.75, 3.05) is 6.61 Å². The number of rotatable bonds is 4. The second-order valence-electron chi connectivity index (χ2n) is 3.55. The van der Waals surface area contributed by atoms with Crippen molar-refractivity contribution in [3.63, 3.8) is 0 Å². The zero-order valence-corrected chi connectivity index (χ0v) is 8.93. The number of esters is 1. The smallest absolute Gasteiger partial charge is 0.337 e. The topological polar surface area (TPSA) is 66.8 Å². The van der Waals surface area contributed by atoms with E-state index in [-0.39, 0.29) is 12.2 Å². The molecule has 2 atom stereocenters. The van der Waals surface area contributed by atoms with Gasteiger partial charge < -0.3 is 14.9 Å². The molecule has 4 nitrogen and oxygen atoms in total. The van der Waals surface area contributed by atoms with Gasteiger partial charge in [0.1, 0.15) is 12.7 Å². The summed E-state index contributed by atoms with van der Waals surface area (Å²) in [4.78, 5) is 11.3. The van der Waals surface area contributed by atoms with Gasteiger partial charge in [0.15, 0.2) is 0 Å². The first kappa shape index (κ1) is 11.9. The minimum absolute atomic E-state index is 0.211. The molecule has 0 unspecified atom stereocenters. The van der Waals surface area contributed by atoms with Gasteiger partial charge in [0.05, 0.1) is 11.7 Å².